The zero-order chi connectivity index (χ0) is 12.0. The Labute approximate surface area is 96.6 Å². The Balaban J connectivity index is 2.25. The molecule has 3 atom stereocenters. The van der Waals surface area contributed by atoms with Crippen LogP contribution >= 0.6 is 0 Å². The molecule has 4 heteroatoms. The minimum atomic E-state index is -0.647. The van der Waals surface area contributed by atoms with E-state index in [1.54, 1.807) is 6.92 Å². The summed E-state index contributed by atoms with van der Waals surface area (Å²) < 4.78 is 15.3. The largest absolute Gasteiger partial charge is 0.462 e. The van der Waals surface area contributed by atoms with Crippen molar-refractivity contribution in [2.75, 3.05) is 0 Å². The summed E-state index contributed by atoms with van der Waals surface area (Å²) in [6.07, 6.45) is 4.05. The van der Waals surface area contributed by atoms with Crippen LogP contribution in [-0.4, -0.2) is 18.9 Å². The molecule has 0 bridgehead atoms. The third-order valence-electron chi connectivity index (χ3n) is 2.73. The molecule has 1 saturated carbocycles. The summed E-state index contributed by atoms with van der Waals surface area (Å²) in [6.45, 7) is 7.84. The Hall–Kier alpha value is -1.19. The first-order chi connectivity index (χ1) is 7.61. The van der Waals surface area contributed by atoms with E-state index < -0.39 is 6.29 Å². The van der Waals surface area contributed by atoms with Crippen LogP contribution in [0, 0.1) is 5.92 Å². The summed E-state index contributed by atoms with van der Waals surface area (Å²) in [5.41, 5.74) is 0. The number of hydrogen-bond donors (Lipinski definition) is 0. The second kappa shape index (κ2) is 6.40. The summed E-state index contributed by atoms with van der Waals surface area (Å²) in [6, 6.07) is 0. The van der Waals surface area contributed by atoms with Crippen molar-refractivity contribution in [2.24, 2.45) is 5.92 Å². The Morgan fingerprint density at radius 3 is 2.88 bits per heavy atom. The second-order valence-corrected chi connectivity index (χ2v) is 4.30. The quantitative estimate of drug-likeness (QED) is 0.398. The van der Waals surface area contributed by atoms with Gasteiger partial charge < -0.3 is 14.2 Å². The third-order valence-corrected chi connectivity index (χ3v) is 2.73. The van der Waals surface area contributed by atoms with Gasteiger partial charge in [0.15, 0.2) is 0 Å². The van der Waals surface area contributed by atoms with E-state index in [0.717, 1.165) is 12.8 Å². The van der Waals surface area contributed by atoms with Crippen LogP contribution in [0.2, 0.25) is 0 Å². The van der Waals surface area contributed by atoms with Crippen molar-refractivity contribution in [3.63, 3.8) is 0 Å². The van der Waals surface area contributed by atoms with Crippen molar-refractivity contribution in [2.45, 2.75) is 51.9 Å². The maximum Gasteiger partial charge on any atom is 0.296 e. The van der Waals surface area contributed by atoms with Gasteiger partial charge in [0.25, 0.3) is 12.4 Å². The number of carbonyl (C=O) groups excluding carboxylic acids is 1. The molecule has 0 spiro atoms. The van der Waals surface area contributed by atoms with Crippen LogP contribution < -0.4 is 0 Å². The number of hydrogen-bond acceptors (Lipinski definition) is 4. The Kier molecular flexibility index (Phi) is 5.15. The Bertz CT molecular complexity index is 239. The summed E-state index contributed by atoms with van der Waals surface area (Å²) in [5.74, 6) is 0.920. The van der Waals surface area contributed by atoms with Gasteiger partial charge in [-0.3, -0.25) is 4.79 Å². The molecule has 0 aromatic rings. The Morgan fingerprint density at radius 2 is 2.25 bits per heavy atom. The lowest BCUT2D eigenvalue weighted by Crippen LogP contribution is -2.23. The number of carbonyl (C=O) groups is 1. The van der Waals surface area contributed by atoms with E-state index in [-0.39, 0.29) is 12.0 Å². The van der Waals surface area contributed by atoms with E-state index in [1.807, 2.05) is 0 Å². The number of ether oxygens (including phenoxy) is 3. The van der Waals surface area contributed by atoms with Gasteiger partial charge in [-0.1, -0.05) is 13.3 Å². The lowest BCUT2D eigenvalue weighted by Gasteiger charge is -2.28. The smallest absolute Gasteiger partial charge is 0.296 e. The molecule has 0 radical (unpaired) electrons. The molecule has 0 heterocycles. The molecular weight excluding hydrogens is 208 g/mol. The van der Waals surface area contributed by atoms with Gasteiger partial charge in [-0.15, -0.1) is 0 Å². The van der Waals surface area contributed by atoms with E-state index in [0.29, 0.717) is 12.4 Å². The van der Waals surface area contributed by atoms with Crippen LogP contribution in [0.1, 0.15) is 39.5 Å². The van der Waals surface area contributed by atoms with Crippen LogP contribution in [0.15, 0.2) is 12.5 Å². The van der Waals surface area contributed by atoms with Crippen LogP contribution in [0.25, 0.3) is 0 Å². The fourth-order valence-electron chi connectivity index (χ4n) is 1.99. The van der Waals surface area contributed by atoms with Gasteiger partial charge in [0.1, 0.15) is 6.10 Å². The van der Waals surface area contributed by atoms with Crippen molar-refractivity contribution in [1.82, 2.24) is 0 Å². The number of rotatable bonds is 6. The average Bonchev–Trinajstić information content (AvgIpc) is 2.17. The van der Waals surface area contributed by atoms with Crippen molar-refractivity contribution in [1.29, 1.82) is 0 Å². The van der Waals surface area contributed by atoms with Gasteiger partial charge in [0.05, 0.1) is 0 Å². The zero-order valence-corrected chi connectivity index (χ0v) is 9.98. The maximum absolute atomic E-state index is 10.1. The maximum atomic E-state index is 10.1. The topological polar surface area (TPSA) is 44.8 Å². The average molecular weight is 228 g/mol. The standard InChI is InChI=1S/C12H20O4/c1-9-5-4-6-12(7-9)16-11(3)15-10(2)14-8-13/h8-10,12H,3-7H2,1-2H3. The Morgan fingerprint density at radius 1 is 1.50 bits per heavy atom. The van der Waals surface area contributed by atoms with Gasteiger partial charge in [-0.25, -0.2) is 0 Å². The molecule has 0 aromatic carbocycles. The van der Waals surface area contributed by atoms with Crippen LogP contribution in [0.3, 0.4) is 0 Å². The van der Waals surface area contributed by atoms with Crippen molar-refractivity contribution in [3.05, 3.63) is 12.5 Å². The monoisotopic (exact) mass is 228 g/mol. The highest BCUT2D eigenvalue weighted by atomic mass is 16.8. The van der Waals surface area contributed by atoms with E-state index >= 15 is 0 Å². The second-order valence-electron chi connectivity index (χ2n) is 4.30. The summed E-state index contributed by atoms with van der Waals surface area (Å²) in [7, 11) is 0. The molecule has 0 amide bonds. The molecular formula is C12H20O4. The summed E-state index contributed by atoms with van der Waals surface area (Å²) in [4.78, 5) is 10.1. The highest BCUT2D eigenvalue weighted by Crippen LogP contribution is 2.27. The van der Waals surface area contributed by atoms with Crippen molar-refractivity contribution in [3.8, 4) is 0 Å². The minimum Gasteiger partial charge on any atom is -0.462 e. The molecule has 3 unspecified atom stereocenters. The fraction of sp³-hybridized carbons (Fsp3) is 0.750. The van der Waals surface area contributed by atoms with Gasteiger partial charge in [0.2, 0.25) is 6.29 Å². The first-order valence-electron chi connectivity index (χ1n) is 5.73. The SMILES string of the molecule is C=C(OC1CCCC(C)C1)OC(C)OC=O. The van der Waals surface area contributed by atoms with Gasteiger partial charge in [-0.05, 0) is 31.8 Å². The normalized spacial score (nSPS) is 26.6. The van der Waals surface area contributed by atoms with Gasteiger partial charge in [0, 0.05) is 6.92 Å². The van der Waals surface area contributed by atoms with E-state index in [1.165, 1.54) is 12.8 Å². The van der Waals surface area contributed by atoms with E-state index in [2.05, 4.69) is 18.2 Å². The molecule has 1 fully saturated rings. The lowest BCUT2D eigenvalue weighted by atomic mass is 9.89. The van der Waals surface area contributed by atoms with Gasteiger partial charge >= 0.3 is 0 Å². The first-order valence-corrected chi connectivity index (χ1v) is 5.73. The molecule has 1 aliphatic carbocycles. The molecule has 4 nitrogen and oxygen atoms in total. The third kappa shape index (κ3) is 4.55. The molecule has 1 rings (SSSR count). The first kappa shape index (κ1) is 12.9. The van der Waals surface area contributed by atoms with Gasteiger partial charge in [-0.2, -0.15) is 0 Å². The molecule has 92 valence electrons. The van der Waals surface area contributed by atoms with Crippen molar-refractivity contribution < 1.29 is 19.0 Å². The van der Waals surface area contributed by atoms with E-state index in [9.17, 15) is 4.79 Å². The fourth-order valence-corrected chi connectivity index (χ4v) is 1.99. The summed E-state index contributed by atoms with van der Waals surface area (Å²) >= 11 is 0. The van der Waals surface area contributed by atoms with Crippen LogP contribution in [0.4, 0.5) is 0 Å². The highest BCUT2D eigenvalue weighted by Gasteiger charge is 2.21. The predicted octanol–water partition coefficient (Wildman–Crippen LogP) is 2.59. The zero-order valence-electron chi connectivity index (χ0n) is 9.98. The lowest BCUT2D eigenvalue weighted by molar-refractivity contribution is -0.165. The predicted molar refractivity (Wildman–Crippen MR) is 59.3 cm³/mol. The molecule has 0 N–H and O–H groups in total. The molecule has 16 heavy (non-hydrogen) atoms. The molecule has 0 saturated heterocycles. The molecule has 0 aromatic heterocycles. The summed E-state index contributed by atoms with van der Waals surface area (Å²) in [5, 5.41) is 0. The molecule has 0 aliphatic heterocycles. The van der Waals surface area contributed by atoms with Crippen LogP contribution in [0.5, 0.6) is 0 Å². The van der Waals surface area contributed by atoms with E-state index in [4.69, 9.17) is 9.47 Å². The molecule has 1 aliphatic rings. The van der Waals surface area contributed by atoms with Crippen molar-refractivity contribution >= 4 is 6.47 Å². The minimum absolute atomic E-state index is 0.180. The van der Waals surface area contributed by atoms with Crippen LogP contribution in [-0.2, 0) is 19.0 Å². The highest BCUT2D eigenvalue weighted by molar-refractivity contribution is 5.37.